The van der Waals surface area contributed by atoms with Gasteiger partial charge in [0.15, 0.2) is 0 Å². The highest BCUT2D eigenvalue weighted by molar-refractivity contribution is 5.91. The molecule has 1 aliphatic rings. The molecule has 0 heterocycles. The molecule has 1 fully saturated rings. The van der Waals surface area contributed by atoms with Gasteiger partial charge in [0, 0.05) is 12.2 Å². The lowest BCUT2D eigenvalue weighted by Crippen LogP contribution is -2.35. The molecule has 0 N–H and O–H groups in total. The second-order valence-electron chi connectivity index (χ2n) is 7.67. The Balaban J connectivity index is 2.56. The number of rotatable bonds is 4. The van der Waals surface area contributed by atoms with Crippen molar-refractivity contribution in [2.75, 3.05) is 0 Å². The van der Waals surface area contributed by atoms with Crippen LogP contribution in [0.5, 0.6) is 0 Å². The summed E-state index contributed by atoms with van der Waals surface area (Å²) in [5.41, 5.74) is -0.563. The Kier molecular flexibility index (Phi) is 6.64. The average Bonchev–Trinajstić information content (AvgIpc) is 2.34. The van der Waals surface area contributed by atoms with Gasteiger partial charge in [0.25, 0.3) is 0 Å². The molecule has 0 aromatic heterocycles. The van der Waals surface area contributed by atoms with Crippen molar-refractivity contribution in [1.29, 1.82) is 0 Å². The van der Waals surface area contributed by atoms with Crippen LogP contribution in [0.15, 0.2) is 12.2 Å². The molecule has 0 aromatic carbocycles. The molecule has 0 aromatic rings. The molecule has 0 radical (unpaired) electrons. The summed E-state index contributed by atoms with van der Waals surface area (Å²) in [6.45, 7) is 11.9. The van der Waals surface area contributed by atoms with Gasteiger partial charge in [-0.3, -0.25) is 0 Å². The van der Waals surface area contributed by atoms with Crippen LogP contribution >= 0.6 is 0 Å². The van der Waals surface area contributed by atoms with E-state index in [0.29, 0.717) is 17.8 Å². The lowest BCUT2D eigenvalue weighted by atomic mass is 9.75. The van der Waals surface area contributed by atoms with Crippen LogP contribution in [-0.2, 0) is 19.1 Å². The quantitative estimate of drug-likeness (QED) is 0.584. The van der Waals surface area contributed by atoms with Gasteiger partial charge in [-0.1, -0.05) is 27.2 Å². The Hall–Kier alpha value is -1.32. The third-order valence-electron chi connectivity index (χ3n) is 3.99. The first-order chi connectivity index (χ1) is 10.1. The maximum Gasteiger partial charge on any atom is 0.331 e. The Labute approximate surface area is 134 Å². The fraction of sp³-hybridized carbons (Fsp3) is 0.778. The average molecular weight is 310 g/mol. The molecule has 4 heteroatoms. The highest BCUT2D eigenvalue weighted by Gasteiger charge is 2.33. The maximum absolute atomic E-state index is 11.9. The Morgan fingerprint density at radius 2 is 1.68 bits per heavy atom. The van der Waals surface area contributed by atoms with Gasteiger partial charge in [0.2, 0.25) is 0 Å². The van der Waals surface area contributed by atoms with Crippen LogP contribution in [-0.4, -0.2) is 23.6 Å². The third kappa shape index (κ3) is 6.63. The van der Waals surface area contributed by atoms with Crippen molar-refractivity contribution in [1.82, 2.24) is 0 Å². The normalized spacial score (nSPS) is 26.2. The molecular weight excluding hydrogens is 280 g/mol. The molecule has 3 atom stereocenters. The molecular formula is C18H30O4. The predicted molar refractivity (Wildman–Crippen MR) is 86.2 cm³/mol. The van der Waals surface area contributed by atoms with E-state index >= 15 is 0 Å². The van der Waals surface area contributed by atoms with Crippen molar-refractivity contribution in [3.8, 4) is 0 Å². The molecule has 0 amide bonds. The first-order valence-electron chi connectivity index (χ1n) is 8.20. The minimum absolute atomic E-state index is 0.0560. The first-order valence-corrected chi connectivity index (χ1v) is 8.20. The number of ether oxygens (including phenoxy) is 2. The van der Waals surface area contributed by atoms with Gasteiger partial charge < -0.3 is 9.47 Å². The highest BCUT2D eigenvalue weighted by atomic mass is 16.6. The summed E-state index contributed by atoms with van der Waals surface area (Å²) in [4.78, 5) is 23.5. The molecule has 126 valence electrons. The van der Waals surface area contributed by atoms with Crippen molar-refractivity contribution in [3.05, 3.63) is 12.2 Å². The van der Waals surface area contributed by atoms with Crippen LogP contribution < -0.4 is 0 Å². The standard InChI is InChI=1S/C18H30O4/c1-12(2)14-8-7-13(3)11-15(14)21-16(19)9-10-17(20)22-18(4,5)6/h9-10,12-15H,7-8,11H2,1-6H3/b10-9-. The molecule has 0 aliphatic heterocycles. The summed E-state index contributed by atoms with van der Waals surface area (Å²) in [5, 5.41) is 0. The van der Waals surface area contributed by atoms with E-state index in [-0.39, 0.29) is 6.10 Å². The van der Waals surface area contributed by atoms with Crippen LogP contribution in [0.2, 0.25) is 0 Å². The lowest BCUT2D eigenvalue weighted by Gasteiger charge is -2.36. The second kappa shape index (κ2) is 7.80. The number of carbonyl (C=O) groups excluding carboxylic acids is 2. The van der Waals surface area contributed by atoms with E-state index in [4.69, 9.17) is 9.47 Å². The van der Waals surface area contributed by atoms with E-state index in [0.717, 1.165) is 18.9 Å². The van der Waals surface area contributed by atoms with Gasteiger partial charge in [0.1, 0.15) is 11.7 Å². The van der Waals surface area contributed by atoms with E-state index in [1.54, 1.807) is 20.8 Å². The molecule has 22 heavy (non-hydrogen) atoms. The van der Waals surface area contributed by atoms with Crippen molar-refractivity contribution >= 4 is 11.9 Å². The zero-order valence-electron chi connectivity index (χ0n) is 14.7. The zero-order valence-corrected chi connectivity index (χ0v) is 14.7. The molecule has 1 aliphatic carbocycles. The largest absolute Gasteiger partial charge is 0.459 e. The topological polar surface area (TPSA) is 52.6 Å². The van der Waals surface area contributed by atoms with Crippen molar-refractivity contribution in [3.63, 3.8) is 0 Å². The van der Waals surface area contributed by atoms with Gasteiger partial charge >= 0.3 is 11.9 Å². The van der Waals surface area contributed by atoms with Crippen molar-refractivity contribution in [2.24, 2.45) is 17.8 Å². The Morgan fingerprint density at radius 3 is 2.23 bits per heavy atom. The van der Waals surface area contributed by atoms with Gasteiger partial charge in [-0.2, -0.15) is 0 Å². The van der Waals surface area contributed by atoms with Crippen LogP contribution in [0.25, 0.3) is 0 Å². The molecule has 3 unspecified atom stereocenters. The molecule has 1 saturated carbocycles. The summed E-state index contributed by atoms with van der Waals surface area (Å²) in [6, 6.07) is 0. The highest BCUT2D eigenvalue weighted by Crippen LogP contribution is 2.35. The van der Waals surface area contributed by atoms with Crippen LogP contribution in [0.3, 0.4) is 0 Å². The molecule has 0 saturated heterocycles. The first kappa shape index (κ1) is 18.7. The van der Waals surface area contributed by atoms with Crippen molar-refractivity contribution < 1.29 is 19.1 Å². The number of esters is 2. The molecule has 4 nitrogen and oxygen atoms in total. The molecule has 1 rings (SSSR count). The summed E-state index contributed by atoms with van der Waals surface area (Å²) in [5.74, 6) is 0.468. The van der Waals surface area contributed by atoms with E-state index in [2.05, 4.69) is 20.8 Å². The number of carbonyl (C=O) groups is 2. The fourth-order valence-corrected chi connectivity index (χ4v) is 2.91. The number of hydrogen-bond donors (Lipinski definition) is 0. The summed E-state index contributed by atoms with van der Waals surface area (Å²) in [6.07, 6.45) is 5.43. The smallest absolute Gasteiger partial charge is 0.331 e. The lowest BCUT2D eigenvalue weighted by molar-refractivity contribution is -0.152. The van der Waals surface area contributed by atoms with Gasteiger partial charge in [-0.25, -0.2) is 9.59 Å². The van der Waals surface area contributed by atoms with Crippen LogP contribution in [0.1, 0.15) is 60.8 Å². The summed E-state index contributed by atoms with van der Waals surface area (Å²) >= 11 is 0. The van der Waals surface area contributed by atoms with E-state index in [1.807, 2.05) is 0 Å². The van der Waals surface area contributed by atoms with Gasteiger partial charge in [0.05, 0.1) is 0 Å². The molecule has 0 bridgehead atoms. The number of hydrogen-bond acceptors (Lipinski definition) is 4. The van der Waals surface area contributed by atoms with Crippen molar-refractivity contribution in [2.45, 2.75) is 72.5 Å². The van der Waals surface area contributed by atoms with Crippen LogP contribution in [0, 0.1) is 17.8 Å². The SMILES string of the molecule is CC1CCC(C(C)C)C(OC(=O)/C=C\C(=O)OC(C)(C)C)C1. The van der Waals surface area contributed by atoms with E-state index < -0.39 is 17.5 Å². The fourth-order valence-electron chi connectivity index (χ4n) is 2.91. The van der Waals surface area contributed by atoms with Gasteiger partial charge in [-0.15, -0.1) is 0 Å². The Morgan fingerprint density at radius 1 is 1.09 bits per heavy atom. The van der Waals surface area contributed by atoms with E-state index in [9.17, 15) is 9.59 Å². The minimum atomic E-state index is -0.563. The predicted octanol–water partition coefficient (Wildman–Crippen LogP) is 3.89. The van der Waals surface area contributed by atoms with Crippen LogP contribution in [0.4, 0.5) is 0 Å². The summed E-state index contributed by atoms with van der Waals surface area (Å²) in [7, 11) is 0. The zero-order chi connectivity index (χ0) is 16.9. The Bertz CT molecular complexity index is 417. The maximum atomic E-state index is 11.9. The molecule has 0 spiro atoms. The second-order valence-corrected chi connectivity index (χ2v) is 7.67. The van der Waals surface area contributed by atoms with E-state index in [1.165, 1.54) is 12.5 Å². The minimum Gasteiger partial charge on any atom is -0.459 e. The van der Waals surface area contributed by atoms with Gasteiger partial charge in [-0.05, 0) is 51.4 Å². The monoisotopic (exact) mass is 310 g/mol. The summed E-state index contributed by atoms with van der Waals surface area (Å²) < 4.78 is 10.7. The third-order valence-corrected chi connectivity index (χ3v) is 3.99.